The molecule has 0 bridgehead atoms. The smallest absolute Gasteiger partial charge is 0.246 e. The minimum atomic E-state index is -4.15. The van der Waals surface area contributed by atoms with Gasteiger partial charge < -0.3 is 5.11 Å². The first-order chi connectivity index (χ1) is 19.7. The van der Waals surface area contributed by atoms with Crippen LogP contribution in [-0.4, -0.2) is 40.7 Å². The maximum atomic E-state index is 14.8. The van der Waals surface area contributed by atoms with Crippen molar-refractivity contribution >= 4 is 16.1 Å². The zero-order chi connectivity index (χ0) is 28.8. The molecule has 0 unspecified atom stereocenters. The second kappa shape index (κ2) is 11.5. The van der Waals surface area contributed by atoms with E-state index < -0.39 is 15.8 Å². The molecule has 1 heterocycles. The van der Waals surface area contributed by atoms with Gasteiger partial charge in [0.1, 0.15) is 22.3 Å². The third kappa shape index (κ3) is 5.27. The summed E-state index contributed by atoms with van der Waals surface area (Å²) in [7, 11) is -4.15. The molecule has 1 aromatic heterocycles. The van der Waals surface area contributed by atoms with Crippen LogP contribution in [0, 0.1) is 23.0 Å². The molecular formula is C33H35F2N3O3S. The molecule has 2 atom stereocenters. The first-order valence-corrected chi connectivity index (χ1v) is 15.2. The molecule has 2 aliphatic carbocycles. The molecule has 6 nitrogen and oxygen atoms in total. The van der Waals surface area contributed by atoms with Crippen LogP contribution in [0.5, 0.6) is 5.75 Å². The number of aromatic nitrogens is 2. The van der Waals surface area contributed by atoms with Crippen molar-refractivity contribution in [2.75, 3.05) is 13.1 Å². The van der Waals surface area contributed by atoms with Crippen molar-refractivity contribution in [3.05, 3.63) is 113 Å². The zero-order valence-corrected chi connectivity index (χ0v) is 23.5. The lowest BCUT2D eigenvalue weighted by molar-refractivity contribution is 0.221. The third-order valence-corrected chi connectivity index (χ3v) is 10.6. The monoisotopic (exact) mass is 591 g/mol. The number of allylic oxidation sites excluding steroid dienone is 1. The summed E-state index contributed by atoms with van der Waals surface area (Å²) in [6.07, 6.45) is 6.55. The molecule has 6 rings (SSSR count). The van der Waals surface area contributed by atoms with Crippen molar-refractivity contribution in [3.63, 3.8) is 0 Å². The second-order valence-electron chi connectivity index (χ2n) is 11.1. The van der Waals surface area contributed by atoms with Crippen molar-refractivity contribution < 1.29 is 22.3 Å². The fraction of sp³-hybridized carbons (Fsp3) is 0.303. The molecule has 1 N–H and O–H groups in total. The maximum Gasteiger partial charge on any atom is 0.246 e. The molecule has 1 saturated carbocycles. The van der Waals surface area contributed by atoms with E-state index in [1.165, 1.54) is 40.2 Å². The van der Waals surface area contributed by atoms with Gasteiger partial charge in [-0.25, -0.2) is 21.9 Å². The van der Waals surface area contributed by atoms with Crippen LogP contribution >= 0.6 is 0 Å². The van der Waals surface area contributed by atoms with Gasteiger partial charge in [0.15, 0.2) is 0 Å². The third-order valence-electron chi connectivity index (χ3n) is 8.72. The minimum absolute atomic E-state index is 0. The number of para-hydroxylation sites is 1. The molecule has 0 spiro atoms. The van der Waals surface area contributed by atoms with Crippen LogP contribution in [0.2, 0.25) is 0 Å². The van der Waals surface area contributed by atoms with Gasteiger partial charge in [0.2, 0.25) is 10.0 Å². The lowest BCUT2D eigenvalue weighted by Gasteiger charge is -2.38. The fourth-order valence-corrected chi connectivity index (χ4v) is 7.88. The minimum Gasteiger partial charge on any atom is -0.508 e. The Morgan fingerprint density at radius 1 is 1.05 bits per heavy atom. The summed E-state index contributed by atoms with van der Waals surface area (Å²) in [6, 6.07) is 18.5. The summed E-state index contributed by atoms with van der Waals surface area (Å²) in [5, 5.41) is 14.9. The number of aromatic hydroxyl groups is 1. The Morgan fingerprint density at radius 2 is 1.76 bits per heavy atom. The van der Waals surface area contributed by atoms with Gasteiger partial charge in [0.05, 0.1) is 17.6 Å². The van der Waals surface area contributed by atoms with Crippen LogP contribution in [0.25, 0.3) is 11.8 Å². The number of hydrogen-bond donors (Lipinski definition) is 1. The van der Waals surface area contributed by atoms with Gasteiger partial charge in [0, 0.05) is 13.1 Å². The molecule has 0 saturated heterocycles. The van der Waals surface area contributed by atoms with Crippen molar-refractivity contribution in [3.8, 4) is 11.4 Å². The molecule has 42 heavy (non-hydrogen) atoms. The molecule has 1 fully saturated rings. The highest BCUT2D eigenvalue weighted by molar-refractivity contribution is 7.89. The van der Waals surface area contributed by atoms with Crippen molar-refractivity contribution in [2.45, 2.75) is 44.9 Å². The molecule has 220 valence electrons. The molecule has 0 amide bonds. The predicted molar refractivity (Wildman–Crippen MR) is 160 cm³/mol. The summed E-state index contributed by atoms with van der Waals surface area (Å²) >= 11 is 0. The number of halogens is 2. The standard InChI is InChI=1S/C32H31F2N3O3S.CH4/c1-32-19-23-20-35-37(27-14-12-26(33)13-15-27)29(23)18-24(32)10-11-25(32)21-36(17-16-22-6-2-4-8-30(22)38)41(39,40)31-9-5-3-7-28(31)34;/h2-9,12-15,18,20,25,38H,10-11,16-17,19,21H2,1H3;1H4/t25-,32+;/m1./s1. The first kappa shape index (κ1) is 29.7. The topological polar surface area (TPSA) is 75.4 Å². The molecule has 2 aliphatic rings. The van der Waals surface area contributed by atoms with E-state index in [0.717, 1.165) is 35.9 Å². The SMILES string of the molecule is C.C[C@]12Cc3cnn(-c4ccc(F)cc4)c3C=C1CC[C@@H]2CN(CCc1ccccc1O)S(=O)(=O)c1ccccc1F. The van der Waals surface area contributed by atoms with E-state index in [0.29, 0.717) is 18.4 Å². The summed E-state index contributed by atoms with van der Waals surface area (Å²) in [4.78, 5) is -0.345. The van der Waals surface area contributed by atoms with E-state index in [2.05, 4.69) is 18.1 Å². The van der Waals surface area contributed by atoms with Gasteiger partial charge in [-0.15, -0.1) is 0 Å². The summed E-state index contributed by atoms with van der Waals surface area (Å²) < 4.78 is 59.2. The molecule has 0 aliphatic heterocycles. The lowest BCUT2D eigenvalue weighted by Crippen LogP contribution is -2.42. The quantitative estimate of drug-likeness (QED) is 0.245. The first-order valence-electron chi connectivity index (χ1n) is 13.7. The van der Waals surface area contributed by atoms with Crippen LogP contribution in [0.3, 0.4) is 0 Å². The lowest BCUT2D eigenvalue weighted by atomic mass is 9.70. The number of fused-ring (bicyclic) bond motifs is 2. The van der Waals surface area contributed by atoms with E-state index in [1.54, 1.807) is 36.4 Å². The van der Waals surface area contributed by atoms with Gasteiger partial charge in [0.25, 0.3) is 0 Å². The Balaban J connectivity index is 0.00000353. The van der Waals surface area contributed by atoms with Crippen LogP contribution in [0.15, 0.2) is 89.5 Å². The number of hydrogen-bond acceptors (Lipinski definition) is 4. The highest BCUT2D eigenvalue weighted by Crippen LogP contribution is 2.53. The summed E-state index contributed by atoms with van der Waals surface area (Å²) in [6.45, 7) is 2.50. The van der Waals surface area contributed by atoms with Gasteiger partial charge in [-0.05, 0) is 96.7 Å². The zero-order valence-electron chi connectivity index (χ0n) is 22.7. The van der Waals surface area contributed by atoms with E-state index in [9.17, 15) is 22.3 Å². The highest BCUT2D eigenvalue weighted by atomic mass is 32.2. The number of phenolic OH excluding ortho intramolecular Hbond substituents is 1. The van der Waals surface area contributed by atoms with Gasteiger partial charge in [-0.2, -0.15) is 9.40 Å². The van der Waals surface area contributed by atoms with Crippen LogP contribution in [-0.2, 0) is 22.9 Å². The van der Waals surface area contributed by atoms with E-state index in [1.807, 2.05) is 10.9 Å². The summed E-state index contributed by atoms with van der Waals surface area (Å²) in [5.41, 5.74) is 4.33. The Bertz CT molecular complexity index is 1730. The average Bonchev–Trinajstić information content (AvgIpc) is 3.50. The predicted octanol–water partition coefficient (Wildman–Crippen LogP) is 6.78. The van der Waals surface area contributed by atoms with Gasteiger partial charge in [-0.3, -0.25) is 0 Å². The van der Waals surface area contributed by atoms with Crippen molar-refractivity contribution in [1.29, 1.82) is 0 Å². The molecule has 3 aromatic carbocycles. The fourth-order valence-electron chi connectivity index (χ4n) is 6.33. The van der Waals surface area contributed by atoms with Gasteiger partial charge >= 0.3 is 0 Å². The average molecular weight is 592 g/mol. The Kier molecular flexibility index (Phi) is 8.09. The largest absolute Gasteiger partial charge is 0.508 e. The van der Waals surface area contributed by atoms with Crippen molar-refractivity contribution in [2.24, 2.45) is 11.3 Å². The Morgan fingerprint density at radius 3 is 2.50 bits per heavy atom. The molecular weight excluding hydrogens is 556 g/mol. The number of rotatable bonds is 8. The number of sulfonamides is 1. The number of benzene rings is 3. The Labute approximate surface area is 246 Å². The molecule has 4 aromatic rings. The van der Waals surface area contributed by atoms with Crippen LogP contribution < -0.4 is 0 Å². The highest BCUT2D eigenvalue weighted by Gasteiger charge is 2.47. The number of phenols is 1. The second-order valence-corrected chi connectivity index (χ2v) is 13.0. The summed E-state index contributed by atoms with van der Waals surface area (Å²) in [5.74, 6) is -1.00. The van der Waals surface area contributed by atoms with Crippen LogP contribution in [0.4, 0.5) is 8.78 Å². The Hall–Kier alpha value is -3.82. The molecule has 9 heteroatoms. The van der Waals surface area contributed by atoms with Crippen molar-refractivity contribution in [1.82, 2.24) is 14.1 Å². The van der Waals surface area contributed by atoms with E-state index in [-0.39, 0.29) is 48.3 Å². The van der Waals surface area contributed by atoms with E-state index in [4.69, 9.17) is 0 Å². The maximum absolute atomic E-state index is 14.8. The normalized spacial score (nSPS) is 19.6. The van der Waals surface area contributed by atoms with E-state index >= 15 is 0 Å². The number of nitrogens with zero attached hydrogens (tertiary/aromatic N) is 3. The van der Waals surface area contributed by atoms with Gasteiger partial charge in [-0.1, -0.05) is 50.3 Å². The van der Waals surface area contributed by atoms with Crippen LogP contribution in [0.1, 0.15) is 44.0 Å². The molecule has 0 radical (unpaired) electrons.